The van der Waals surface area contributed by atoms with Crippen LogP contribution >= 0.6 is 0 Å². The number of esters is 2. The molecule has 0 spiro atoms. The fourth-order valence-electron chi connectivity index (χ4n) is 0.303. The molecule has 0 aliphatic carbocycles. The summed E-state index contributed by atoms with van der Waals surface area (Å²) in [5.41, 5.74) is 0. The summed E-state index contributed by atoms with van der Waals surface area (Å²) >= 11 is 0. The number of cyclic esters (lactones) is 2. The van der Waals surface area contributed by atoms with E-state index in [0.29, 0.717) is 0 Å². The molecular formula is C8H10O3. The SMILES string of the molecule is CC=CC.O=C1C=CC(=O)O1. The van der Waals surface area contributed by atoms with Crippen molar-refractivity contribution in [2.75, 3.05) is 0 Å². The normalized spacial score (nSPS) is 14.7. The Morgan fingerprint density at radius 2 is 1.45 bits per heavy atom. The van der Waals surface area contributed by atoms with E-state index >= 15 is 0 Å². The summed E-state index contributed by atoms with van der Waals surface area (Å²) in [4.78, 5) is 19.8. The molecule has 0 amide bonds. The highest BCUT2D eigenvalue weighted by Gasteiger charge is 2.10. The zero-order chi connectivity index (χ0) is 8.69. The Bertz CT molecular complexity index is 181. The molecule has 0 atom stereocenters. The molecule has 0 bridgehead atoms. The molecule has 1 aliphatic rings. The molecule has 0 unspecified atom stereocenters. The predicted molar refractivity (Wildman–Crippen MR) is 40.7 cm³/mol. The van der Waals surface area contributed by atoms with Gasteiger partial charge in [-0.05, 0) is 13.8 Å². The van der Waals surface area contributed by atoms with Crippen molar-refractivity contribution >= 4 is 11.9 Å². The van der Waals surface area contributed by atoms with Crippen LogP contribution in [0.25, 0.3) is 0 Å². The summed E-state index contributed by atoms with van der Waals surface area (Å²) in [5.74, 6) is -1.16. The summed E-state index contributed by atoms with van der Waals surface area (Å²) < 4.78 is 3.97. The number of carbonyl (C=O) groups is 2. The second-order valence-electron chi connectivity index (χ2n) is 1.74. The zero-order valence-corrected chi connectivity index (χ0v) is 6.53. The lowest BCUT2D eigenvalue weighted by Gasteiger charge is -1.80. The van der Waals surface area contributed by atoms with E-state index in [9.17, 15) is 9.59 Å². The van der Waals surface area contributed by atoms with Crippen molar-refractivity contribution in [3.8, 4) is 0 Å². The molecule has 11 heavy (non-hydrogen) atoms. The number of allylic oxidation sites excluding steroid dienone is 2. The van der Waals surface area contributed by atoms with Gasteiger partial charge in [0.05, 0.1) is 0 Å². The van der Waals surface area contributed by atoms with Gasteiger partial charge in [0.15, 0.2) is 0 Å². The molecule has 0 fully saturated rings. The lowest BCUT2D eigenvalue weighted by Crippen LogP contribution is -1.96. The number of carbonyl (C=O) groups excluding carboxylic acids is 2. The minimum absolute atomic E-state index is 0.579. The van der Waals surface area contributed by atoms with E-state index in [1.54, 1.807) is 0 Å². The lowest BCUT2D eigenvalue weighted by molar-refractivity contribution is -0.150. The van der Waals surface area contributed by atoms with E-state index in [1.807, 2.05) is 26.0 Å². The van der Waals surface area contributed by atoms with Gasteiger partial charge in [-0.15, -0.1) is 0 Å². The van der Waals surface area contributed by atoms with Gasteiger partial charge in [0.1, 0.15) is 0 Å². The van der Waals surface area contributed by atoms with Crippen LogP contribution in [0.3, 0.4) is 0 Å². The average molecular weight is 154 g/mol. The molecule has 60 valence electrons. The van der Waals surface area contributed by atoms with Gasteiger partial charge in [0.25, 0.3) is 0 Å². The van der Waals surface area contributed by atoms with E-state index in [4.69, 9.17) is 0 Å². The summed E-state index contributed by atoms with van der Waals surface area (Å²) in [5, 5.41) is 0. The molecule has 0 radical (unpaired) electrons. The van der Waals surface area contributed by atoms with Gasteiger partial charge in [-0.25, -0.2) is 9.59 Å². The van der Waals surface area contributed by atoms with Crippen LogP contribution in [0.15, 0.2) is 24.3 Å². The Morgan fingerprint density at radius 3 is 1.55 bits per heavy atom. The van der Waals surface area contributed by atoms with Crippen molar-refractivity contribution in [1.82, 2.24) is 0 Å². The number of rotatable bonds is 0. The quantitative estimate of drug-likeness (QED) is 0.299. The maximum absolute atomic E-state index is 9.92. The number of hydrogen-bond donors (Lipinski definition) is 0. The Balaban J connectivity index is 0.000000218. The third-order valence-corrected chi connectivity index (χ3v) is 0.890. The van der Waals surface area contributed by atoms with E-state index in [-0.39, 0.29) is 0 Å². The first-order valence-corrected chi connectivity index (χ1v) is 3.22. The maximum Gasteiger partial charge on any atom is 0.338 e. The molecule has 1 aliphatic heterocycles. The molecule has 0 aromatic heterocycles. The topological polar surface area (TPSA) is 43.4 Å². The van der Waals surface area contributed by atoms with E-state index < -0.39 is 11.9 Å². The second kappa shape index (κ2) is 5.41. The van der Waals surface area contributed by atoms with Crippen molar-refractivity contribution in [1.29, 1.82) is 0 Å². The van der Waals surface area contributed by atoms with Gasteiger partial charge in [-0.1, -0.05) is 12.2 Å². The van der Waals surface area contributed by atoms with Gasteiger partial charge in [0, 0.05) is 12.2 Å². The number of hydrogen-bond acceptors (Lipinski definition) is 3. The molecule has 1 rings (SSSR count). The minimum atomic E-state index is -0.579. The molecule has 0 saturated carbocycles. The minimum Gasteiger partial charge on any atom is -0.387 e. The Kier molecular flexibility index (Phi) is 4.73. The first-order chi connectivity index (χ1) is 5.20. The van der Waals surface area contributed by atoms with E-state index in [2.05, 4.69) is 4.74 Å². The molecule has 3 heteroatoms. The predicted octanol–water partition coefficient (Wildman–Crippen LogP) is 1.21. The highest BCUT2D eigenvalue weighted by molar-refractivity contribution is 6.04. The summed E-state index contributed by atoms with van der Waals surface area (Å²) in [7, 11) is 0. The van der Waals surface area contributed by atoms with Crippen LogP contribution in [0.1, 0.15) is 13.8 Å². The Hall–Kier alpha value is -1.38. The largest absolute Gasteiger partial charge is 0.387 e. The monoisotopic (exact) mass is 154 g/mol. The van der Waals surface area contributed by atoms with Crippen molar-refractivity contribution in [2.45, 2.75) is 13.8 Å². The molecule has 0 aromatic carbocycles. The highest BCUT2D eigenvalue weighted by atomic mass is 16.6. The first-order valence-electron chi connectivity index (χ1n) is 3.22. The molecule has 0 N–H and O–H groups in total. The highest BCUT2D eigenvalue weighted by Crippen LogP contribution is 1.92. The van der Waals surface area contributed by atoms with Gasteiger partial charge < -0.3 is 4.74 Å². The van der Waals surface area contributed by atoms with Crippen molar-refractivity contribution in [2.24, 2.45) is 0 Å². The van der Waals surface area contributed by atoms with Crippen LogP contribution < -0.4 is 0 Å². The van der Waals surface area contributed by atoms with Gasteiger partial charge in [-0.2, -0.15) is 0 Å². The smallest absolute Gasteiger partial charge is 0.338 e. The standard InChI is InChI=1S/C4H2O3.C4H8/c5-3-1-2-4(6)7-3;1-3-4-2/h1-2H;3-4H,1-2H3. The van der Waals surface area contributed by atoms with Crippen molar-refractivity contribution < 1.29 is 14.3 Å². The molecular weight excluding hydrogens is 144 g/mol. The van der Waals surface area contributed by atoms with Crippen LogP contribution in [0.2, 0.25) is 0 Å². The van der Waals surface area contributed by atoms with Crippen LogP contribution in [-0.2, 0) is 14.3 Å². The van der Waals surface area contributed by atoms with Crippen LogP contribution in [0.5, 0.6) is 0 Å². The Morgan fingerprint density at radius 1 is 1.09 bits per heavy atom. The molecule has 3 nitrogen and oxygen atoms in total. The third kappa shape index (κ3) is 5.08. The lowest BCUT2D eigenvalue weighted by atomic mass is 10.6. The molecule has 0 saturated heterocycles. The molecule has 0 aromatic rings. The zero-order valence-electron chi connectivity index (χ0n) is 6.53. The maximum atomic E-state index is 9.92. The van der Waals surface area contributed by atoms with Gasteiger partial charge in [0.2, 0.25) is 0 Å². The van der Waals surface area contributed by atoms with Crippen molar-refractivity contribution in [3.63, 3.8) is 0 Å². The summed E-state index contributed by atoms with van der Waals surface area (Å²) in [6.45, 7) is 4.00. The fraction of sp³-hybridized carbons (Fsp3) is 0.250. The fourth-order valence-corrected chi connectivity index (χ4v) is 0.303. The van der Waals surface area contributed by atoms with Gasteiger partial charge >= 0.3 is 11.9 Å². The first kappa shape index (κ1) is 9.62. The van der Waals surface area contributed by atoms with Crippen LogP contribution in [-0.4, -0.2) is 11.9 Å². The Labute approximate surface area is 65.4 Å². The van der Waals surface area contributed by atoms with Crippen molar-refractivity contribution in [3.05, 3.63) is 24.3 Å². The van der Waals surface area contributed by atoms with Crippen LogP contribution in [0.4, 0.5) is 0 Å². The van der Waals surface area contributed by atoms with E-state index in [0.717, 1.165) is 12.2 Å². The second-order valence-corrected chi connectivity index (χ2v) is 1.74. The molecule has 1 heterocycles. The third-order valence-electron chi connectivity index (χ3n) is 0.890. The van der Waals surface area contributed by atoms with E-state index in [1.165, 1.54) is 0 Å². The van der Waals surface area contributed by atoms with Gasteiger partial charge in [-0.3, -0.25) is 0 Å². The summed E-state index contributed by atoms with van der Waals surface area (Å²) in [6, 6.07) is 0. The van der Waals surface area contributed by atoms with Crippen LogP contribution in [0, 0.1) is 0 Å². The number of ether oxygens (including phenoxy) is 1. The summed E-state index contributed by atoms with van der Waals surface area (Å²) in [6.07, 6.45) is 6.17. The average Bonchev–Trinajstić information content (AvgIpc) is 2.35.